The highest BCUT2D eigenvalue weighted by Crippen LogP contribution is 2.28. The Bertz CT molecular complexity index is 1220. The average molecular weight is 455 g/mol. The Morgan fingerprint density at radius 1 is 1.09 bits per heavy atom. The van der Waals surface area contributed by atoms with Gasteiger partial charge >= 0.3 is 5.97 Å². The van der Waals surface area contributed by atoms with Gasteiger partial charge in [-0.1, -0.05) is 18.2 Å². The van der Waals surface area contributed by atoms with E-state index in [0.29, 0.717) is 12.3 Å². The van der Waals surface area contributed by atoms with Crippen molar-refractivity contribution in [2.75, 3.05) is 11.4 Å². The highest BCUT2D eigenvalue weighted by atomic mass is 32.2. The Morgan fingerprint density at radius 3 is 2.56 bits per heavy atom. The number of hydrogen-bond acceptors (Lipinski definition) is 6. The van der Waals surface area contributed by atoms with Crippen molar-refractivity contribution >= 4 is 27.6 Å². The zero-order chi connectivity index (χ0) is 22.7. The van der Waals surface area contributed by atoms with E-state index in [2.05, 4.69) is 4.72 Å². The minimum Gasteiger partial charge on any atom is -0.468 e. The number of anilines is 1. The summed E-state index contributed by atoms with van der Waals surface area (Å²) in [5.41, 5.74) is 2.06. The molecule has 1 aliphatic heterocycles. The number of hydrogen-bond donors (Lipinski definition) is 1. The van der Waals surface area contributed by atoms with Crippen LogP contribution < -0.4 is 9.62 Å². The van der Waals surface area contributed by atoms with Crippen LogP contribution in [0.5, 0.6) is 0 Å². The lowest BCUT2D eigenvalue weighted by Gasteiger charge is -2.21. The molecule has 1 N–H and O–H groups in total. The molecule has 2 aromatic carbocycles. The number of furan rings is 1. The van der Waals surface area contributed by atoms with Crippen LogP contribution in [0.1, 0.15) is 28.6 Å². The Labute approximate surface area is 185 Å². The van der Waals surface area contributed by atoms with Crippen LogP contribution in [0.3, 0.4) is 0 Å². The number of nitrogens with zero attached hydrogens (tertiary/aromatic N) is 1. The third-order valence-electron chi connectivity index (χ3n) is 5.20. The molecule has 0 bridgehead atoms. The second kappa shape index (κ2) is 8.97. The van der Waals surface area contributed by atoms with Crippen molar-refractivity contribution < 1.29 is 27.2 Å². The molecule has 0 saturated carbocycles. The van der Waals surface area contributed by atoms with Crippen molar-refractivity contribution in [3.05, 3.63) is 83.8 Å². The predicted octanol–water partition coefficient (Wildman–Crippen LogP) is 2.89. The summed E-state index contributed by atoms with van der Waals surface area (Å²) in [7, 11) is -3.78. The summed E-state index contributed by atoms with van der Waals surface area (Å²) >= 11 is 0. The second-order valence-corrected chi connectivity index (χ2v) is 9.11. The largest absolute Gasteiger partial charge is 0.468 e. The normalized spacial score (nSPS) is 14.1. The van der Waals surface area contributed by atoms with Crippen molar-refractivity contribution in [2.45, 2.75) is 30.9 Å². The molecule has 4 rings (SSSR count). The molecule has 0 spiro atoms. The number of carbonyl (C=O) groups is 2. The highest BCUT2D eigenvalue weighted by molar-refractivity contribution is 7.89. The number of rotatable bonds is 7. The molecule has 9 heteroatoms. The fraction of sp³-hybridized carbons (Fsp3) is 0.217. The molecular weight excluding hydrogens is 432 g/mol. The van der Waals surface area contributed by atoms with E-state index in [4.69, 9.17) is 9.15 Å². The minimum atomic E-state index is -3.78. The number of para-hydroxylation sites is 1. The average Bonchev–Trinajstić information content (AvgIpc) is 3.47. The van der Waals surface area contributed by atoms with Crippen molar-refractivity contribution in [3.63, 3.8) is 0 Å². The van der Waals surface area contributed by atoms with Crippen molar-refractivity contribution in [1.29, 1.82) is 0 Å². The topological polar surface area (TPSA) is 106 Å². The van der Waals surface area contributed by atoms with Crippen molar-refractivity contribution in [1.82, 2.24) is 4.72 Å². The molecule has 8 nitrogen and oxygen atoms in total. The van der Waals surface area contributed by atoms with Gasteiger partial charge in [0.15, 0.2) is 6.10 Å². The lowest BCUT2D eigenvalue weighted by Crippen LogP contribution is -2.39. The van der Waals surface area contributed by atoms with Crippen LogP contribution in [0.15, 0.2) is 76.2 Å². The maximum Gasteiger partial charge on any atom is 0.338 e. The van der Waals surface area contributed by atoms with Crippen LogP contribution in [-0.4, -0.2) is 32.9 Å². The summed E-state index contributed by atoms with van der Waals surface area (Å²) in [6.45, 7) is 2.08. The maximum atomic E-state index is 12.8. The summed E-state index contributed by atoms with van der Waals surface area (Å²) in [5.74, 6) is -0.525. The molecule has 0 fully saturated rings. The van der Waals surface area contributed by atoms with Gasteiger partial charge in [-0.05, 0) is 61.4 Å². The van der Waals surface area contributed by atoms with Gasteiger partial charge in [-0.15, -0.1) is 0 Å². The Hall–Kier alpha value is -3.43. The van der Waals surface area contributed by atoms with Gasteiger partial charge in [-0.2, -0.15) is 0 Å². The van der Waals surface area contributed by atoms with Gasteiger partial charge in [-0.3, -0.25) is 4.79 Å². The standard InChI is InChI=1S/C23H22N2O6S/c1-16(22(26)25-13-12-17-5-2-3-7-21(17)25)31-23(27)18-8-10-20(11-9-18)32(28,29)24-15-19-6-4-14-30-19/h2-11,14,16,24H,12-13,15H2,1H3/t16-/m1/s1. The summed E-state index contributed by atoms with van der Waals surface area (Å²) < 4.78 is 37.7. The first-order valence-corrected chi connectivity index (χ1v) is 11.6. The lowest BCUT2D eigenvalue weighted by molar-refractivity contribution is -0.126. The second-order valence-electron chi connectivity index (χ2n) is 7.34. The number of amides is 1. The van der Waals surface area contributed by atoms with Gasteiger partial charge in [0, 0.05) is 12.2 Å². The van der Waals surface area contributed by atoms with Gasteiger partial charge in [0.05, 0.1) is 23.3 Å². The zero-order valence-electron chi connectivity index (χ0n) is 17.4. The Morgan fingerprint density at radius 2 is 1.84 bits per heavy atom. The molecule has 0 aliphatic carbocycles. The minimum absolute atomic E-state index is 0.00148. The Balaban J connectivity index is 1.38. The summed E-state index contributed by atoms with van der Waals surface area (Å²) in [6.07, 6.45) is 1.23. The van der Waals surface area contributed by atoms with E-state index in [1.165, 1.54) is 37.5 Å². The monoisotopic (exact) mass is 454 g/mol. The van der Waals surface area contributed by atoms with E-state index in [9.17, 15) is 18.0 Å². The van der Waals surface area contributed by atoms with E-state index in [0.717, 1.165) is 17.7 Å². The molecule has 0 unspecified atom stereocenters. The molecule has 3 aromatic rings. The summed E-state index contributed by atoms with van der Waals surface area (Å²) in [5, 5.41) is 0. The third kappa shape index (κ3) is 4.58. The van der Waals surface area contributed by atoms with Crippen LogP contribution in [0.2, 0.25) is 0 Å². The fourth-order valence-corrected chi connectivity index (χ4v) is 4.49. The molecule has 0 saturated heterocycles. The SMILES string of the molecule is C[C@@H](OC(=O)c1ccc(S(=O)(=O)NCc2ccco2)cc1)C(=O)N1CCc2ccccc21. The van der Waals surface area contributed by atoms with E-state index < -0.39 is 22.1 Å². The number of esters is 1. The first-order valence-electron chi connectivity index (χ1n) is 10.1. The number of nitrogens with one attached hydrogen (secondary N) is 1. The van der Waals surface area contributed by atoms with Crippen molar-refractivity contribution in [3.8, 4) is 0 Å². The molecule has 1 aliphatic rings. The smallest absolute Gasteiger partial charge is 0.338 e. The van der Waals surface area contributed by atoms with E-state index in [1.54, 1.807) is 17.0 Å². The van der Waals surface area contributed by atoms with Crippen LogP contribution >= 0.6 is 0 Å². The molecule has 1 aromatic heterocycles. The number of ether oxygens (including phenoxy) is 1. The number of carbonyl (C=O) groups excluding carboxylic acids is 2. The van der Waals surface area contributed by atoms with Gasteiger partial charge < -0.3 is 14.1 Å². The number of benzene rings is 2. The predicted molar refractivity (Wildman–Crippen MR) is 117 cm³/mol. The van der Waals surface area contributed by atoms with Crippen LogP contribution in [0.4, 0.5) is 5.69 Å². The highest BCUT2D eigenvalue weighted by Gasteiger charge is 2.30. The van der Waals surface area contributed by atoms with Gasteiger partial charge in [0.1, 0.15) is 5.76 Å². The quantitative estimate of drug-likeness (QED) is 0.551. The zero-order valence-corrected chi connectivity index (χ0v) is 18.2. The molecule has 2 heterocycles. The van der Waals surface area contributed by atoms with Gasteiger partial charge in [0.2, 0.25) is 10.0 Å². The number of sulfonamides is 1. The number of fused-ring (bicyclic) bond motifs is 1. The molecule has 0 radical (unpaired) electrons. The molecule has 1 atom stereocenters. The molecule has 1 amide bonds. The first-order chi connectivity index (χ1) is 15.3. The lowest BCUT2D eigenvalue weighted by atomic mass is 10.2. The van der Waals surface area contributed by atoms with Gasteiger partial charge in [0.25, 0.3) is 5.91 Å². The van der Waals surface area contributed by atoms with E-state index >= 15 is 0 Å². The molecule has 32 heavy (non-hydrogen) atoms. The van der Waals surface area contributed by atoms with Crippen LogP contribution in [-0.2, 0) is 32.5 Å². The molecule has 166 valence electrons. The third-order valence-corrected chi connectivity index (χ3v) is 6.62. The first kappa shape index (κ1) is 21.8. The molecular formula is C23H22N2O6S. The van der Waals surface area contributed by atoms with E-state index in [1.807, 2.05) is 24.3 Å². The summed E-state index contributed by atoms with van der Waals surface area (Å²) in [6, 6.07) is 16.3. The van der Waals surface area contributed by atoms with Crippen LogP contribution in [0, 0.1) is 0 Å². The van der Waals surface area contributed by atoms with Crippen molar-refractivity contribution in [2.24, 2.45) is 0 Å². The van der Waals surface area contributed by atoms with E-state index in [-0.39, 0.29) is 22.9 Å². The maximum absolute atomic E-state index is 12.8. The Kier molecular flexibility index (Phi) is 6.11. The van der Waals surface area contributed by atoms with Gasteiger partial charge in [-0.25, -0.2) is 17.9 Å². The van der Waals surface area contributed by atoms with Crippen LogP contribution in [0.25, 0.3) is 0 Å². The fourth-order valence-electron chi connectivity index (χ4n) is 3.50. The summed E-state index contributed by atoms with van der Waals surface area (Å²) in [4.78, 5) is 26.9.